The molecule has 2 heterocycles. The van der Waals surface area contributed by atoms with Crippen molar-refractivity contribution in [1.29, 1.82) is 0 Å². The third-order valence-corrected chi connectivity index (χ3v) is 4.43. The van der Waals surface area contributed by atoms with Gasteiger partial charge in [-0.1, -0.05) is 24.6 Å². The van der Waals surface area contributed by atoms with E-state index >= 15 is 0 Å². The zero-order valence-corrected chi connectivity index (χ0v) is 15.5. The number of nitrogens with one attached hydrogen (secondary N) is 2. The molecule has 2 aromatic rings. The molecule has 0 amide bonds. The van der Waals surface area contributed by atoms with Gasteiger partial charge in [-0.15, -0.1) is 0 Å². The minimum absolute atomic E-state index is 0.286. The number of nitrogens with zero attached hydrogens (tertiary/aromatic N) is 2. The van der Waals surface area contributed by atoms with Gasteiger partial charge in [-0.25, -0.2) is 4.79 Å². The van der Waals surface area contributed by atoms with Gasteiger partial charge < -0.3 is 15.8 Å². The summed E-state index contributed by atoms with van der Waals surface area (Å²) >= 11 is 0. The number of piperidine rings is 1. The number of benzene rings is 1. The molecule has 144 valence electrons. The molecule has 4 N–H and O–H groups in total. The fourth-order valence-electron chi connectivity index (χ4n) is 3.14. The van der Waals surface area contributed by atoms with Crippen LogP contribution >= 0.6 is 0 Å². The average molecular weight is 369 g/mol. The molecule has 1 saturated heterocycles. The molecule has 1 aromatic heterocycles. The second-order valence-electron chi connectivity index (χ2n) is 6.67. The van der Waals surface area contributed by atoms with Crippen molar-refractivity contribution in [2.75, 3.05) is 37.3 Å². The molecule has 1 aliphatic rings. The lowest BCUT2D eigenvalue weighted by Crippen LogP contribution is -2.29. The lowest BCUT2D eigenvalue weighted by Gasteiger charge is -2.26. The predicted molar refractivity (Wildman–Crippen MR) is 108 cm³/mol. The molecule has 0 bridgehead atoms. The molecule has 0 spiro atoms. The van der Waals surface area contributed by atoms with Crippen LogP contribution in [0.4, 0.5) is 11.6 Å². The summed E-state index contributed by atoms with van der Waals surface area (Å²) in [6.07, 6.45) is 7.81. The predicted octanol–water partition coefficient (Wildman–Crippen LogP) is 2.39. The number of aromatic amines is 1. The van der Waals surface area contributed by atoms with Gasteiger partial charge in [0, 0.05) is 19.2 Å². The van der Waals surface area contributed by atoms with Gasteiger partial charge >= 0.3 is 5.69 Å². The Bertz CT molecular complexity index is 812. The largest absolute Gasteiger partial charge is 0.490 e. The van der Waals surface area contributed by atoms with Crippen molar-refractivity contribution in [2.24, 2.45) is 0 Å². The third kappa shape index (κ3) is 6.45. The Balaban J connectivity index is 1.41. The first-order chi connectivity index (χ1) is 13.2. The van der Waals surface area contributed by atoms with Crippen LogP contribution in [-0.4, -0.2) is 41.1 Å². The van der Waals surface area contributed by atoms with E-state index in [1.165, 1.54) is 37.9 Å². The molecule has 1 fully saturated rings. The van der Waals surface area contributed by atoms with E-state index in [0.717, 1.165) is 12.3 Å². The summed E-state index contributed by atoms with van der Waals surface area (Å²) in [5.74, 6) is 1.62. The minimum atomic E-state index is -0.464. The van der Waals surface area contributed by atoms with Crippen LogP contribution < -0.4 is 21.5 Å². The molecule has 0 aliphatic carbocycles. The quantitative estimate of drug-likeness (QED) is 0.618. The Morgan fingerprint density at radius 1 is 1.22 bits per heavy atom. The second-order valence-corrected chi connectivity index (χ2v) is 6.67. The topological polar surface area (TPSA) is 96.3 Å². The first-order valence-corrected chi connectivity index (χ1v) is 9.39. The monoisotopic (exact) mass is 369 g/mol. The van der Waals surface area contributed by atoms with Crippen LogP contribution in [0.15, 0.2) is 47.3 Å². The van der Waals surface area contributed by atoms with Crippen LogP contribution in [0.3, 0.4) is 0 Å². The standard InChI is InChI=1S/C20H27N5O2/c21-18-14-19(24-20(26)23-18)22-9-2-5-12-27-17-8-6-7-16(13-17)15-25-10-3-1-4-11-25/h2,5-8,13-14H,1,3-4,9-12,15H2,(H4,21,22,23,24,26). The van der Waals surface area contributed by atoms with Crippen LogP contribution in [0.5, 0.6) is 5.75 Å². The number of aromatic nitrogens is 2. The smallest absolute Gasteiger partial charge is 0.348 e. The van der Waals surface area contributed by atoms with Gasteiger partial charge in [-0.05, 0) is 49.7 Å². The molecule has 7 nitrogen and oxygen atoms in total. The highest BCUT2D eigenvalue weighted by molar-refractivity contribution is 5.43. The Morgan fingerprint density at radius 3 is 2.89 bits per heavy atom. The number of nitrogens with two attached hydrogens (primary N) is 1. The summed E-state index contributed by atoms with van der Waals surface area (Å²) in [6, 6.07) is 9.88. The van der Waals surface area contributed by atoms with Crippen molar-refractivity contribution in [2.45, 2.75) is 25.8 Å². The Morgan fingerprint density at radius 2 is 2.07 bits per heavy atom. The molecule has 7 heteroatoms. The highest BCUT2D eigenvalue weighted by Gasteiger charge is 2.10. The molecule has 1 aliphatic heterocycles. The second kappa shape index (κ2) is 9.78. The molecular formula is C20H27N5O2. The highest BCUT2D eigenvalue weighted by Crippen LogP contribution is 2.17. The van der Waals surface area contributed by atoms with E-state index in [4.69, 9.17) is 10.5 Å². The maximum atomic E-state index is 11.2. The number of H-pyrrole nitrogens is 1. The Kier molecular flexibility index (Phi) is 6.87. The first kappa shape index (κ1) is 19.0. The first-order valence-electron chi connectivity index (χ1n) is 9.39. The zero-order valence-electron chi connectivity index (χ0n) is 15.5. The van der Waals surface area contributed by atoms with Crippen LogP contribution in [0.1, 0.15) is 24.8 Å². The number of anilines is 2. The lowest BCUT2D eigenvalue weighted by molar-refractivity contribution is 0.220. The number of ether oxygens (including phenoxy) is 1. The molecule has 3 rings (SSSR count). The average Bonchev–Trinajstić information content (AvgIpc) is 2.65. The number of nitrogen functional groups attached to an aromatic ring is 1. The summed E-state index contributed by atoms with van der Waals surface area (Å²) in [5, 5.41) is 3.02. The van der Waals surface area contributed by atoms with E-state index in [2.05, 4.69) is 32.3 Å². The maximum absolute atomic E-state index is 11.2. The van der Waals surface area contributed by atoms with Gasteiger partial charge in [-0.3, -0.25) is 9.88 Å². The number of likely N-dealkylation sites (tertiary alicyclic amines) is 1. The summed E-state index contributed by atoms with van der Waals surface area (Å²) in [7, 11) is 0. The maximum Gasteiger partial charge on any atom is 0.348 e. The van der Waals surface area contributed by atoms with E-state index in [1.54, 1.807) is 6.07 Å². The number of hydrogen-bond acceptors (Lipinski definition) is 6. The molecule has 0 radical (unpaired) electrons. The molecule has 0 unspecified atom stereocenters. The molecular weight excluding hydrogens is 342 g/mol. The summed E-state index contributed by atoms with van der Waals surface area (Å²) < 4.78 is 5.80. The minimum Gasteiger partial charge on any atom is -0.490 e. The van der Waals surface area contributed by atoms with Gasteiger partial charge in [-0.2, -0.15) is 4.98 Å². The lowest BCUT2D eigenvalue weighted by atomic mass is 10.1. The van der Waals surface area contributed by atoms with Crippen molar-refractivity contribution in [1.82, 2.24) is 14.9 Å². The van der Waals surface area contributed by atoms with E-state index in [0.29, 0.717) is 19.0 Å². The van der Waals surface area contributed by atoms with E-state index in [-0.39, 0.29) is 5.82 Å². The summed E-state index contributed by atoms with van der Waals surface area (Å²) in [4.78, 5) is 19.9. The fraction of sp³-hybridized carbons (Fsp3) is 0.400. The zero-order chi connectivity index (χ0) is 18.9. The summed E-state index contributed by atoms with van der Waals surface area (Å²) in [5.41, 5.74) is 6.40. The van der Waals surface area contributed by atoms with E-state index in [9.17, 15) is 4.79 Å². The van der Waals surface area contributed by atoms with E-state index in [1.807, 2.05) is 24.3 Å². The van der Waals surface area contributed by atoms with Crippen molar-refractivity contribution >= 4 is 11.6 Å². The van der Waals surface area contributed by atoms with Crippen molar-refractivity contribution in [3.8, 4) is 5.75 Å². The highest BCUT2D eigenvalue weighted by atomic mass is 16.5. The van der Waals surface area contributed by atoms with Gasteiger partial charge in [0.15, 0.2) is 0 Å². The molecule has 1 aromatic carbocycles. The van der Waals surface area contributed by atoms with Gasteiger partial charge in [0.25, 0.3) is 0 Å². The normalized spacial score (nSPS) is 15.1. The Labute approximate surface area is 159 Å². The van der Waals surface area contributed by atoms with Crippen molar-refractivity contribution < 1.29 is 4.74 Å². The van der Waals surface area contributed by atoms with Crippen LogP contribution in [0.25, 0.3) is 0 Å². The van der Waals surface area contributed by atoms with Crippen molar-refractivity contribution in [3.05, 3.63) is 58.5 Å². The fourth-order valence-corrected chi connectivity index (χ4v) is 3.14. The summed E-state index contributed by atoms with van der Waals surface area (Å²) in [6.45, 7) is 4.39. The van der Waals surface area contributed by atoms with Crippen LogP contribution in [0.2, 0.25) is 0 Å². The molecule has 0 saturated carbocycles. The van der Waals surface area contributed by atoms with Gasteiger partial charge in [0.05, 0.1) is 0 Å². The van der Waals surface area contributed by atoms with Gasteiger partial charge in [0.2, 0.25) is 0 Å². The molecule has 0 atom stereocenters. The number of rotatable bonds is 8. The molecule has 27 heavy (non-hydrogen) atoms. The third-order valence-electron chi connectivity index (χ3n) is 4.43. The SMILES string of the molecule is Nc1cc(NCC=CCOc2cccc(CN3CCCCC3)c2)nc(=O)[nH]1. The van der Waals surface area contributed by atoms with Crippen molar-refractivity contribution in [3.63, 3.8) is 0 Å². The van der Waals surface area contributed by atoms with Crippen LogP contribution in [0, 0.1) is 0 Å². The Hall–Kier alpha value is -2.80. The van der Waals surface area contributed by atoms with Crippen LogP contribution in [-0.2, 0) is 6.54 Å². The van der Waals surface area contributed by atoms with Gasteiger partial charge in [0.1, 0.15) is 24.0 Å². The van der Waals surface area contributed by atoms with E-state index < -0.39 is 5.69 Å². The number of hydrogen-bond donors (Lipinski definition) is 3.